The van der Waals surface area contributed by atoms with E-state index in [0.717, 1.165) is 4.90 Å². The molecule has 0 fully saturated rings. The lowest BCUT2D eigenvalue weighted by molar-refractivity contribution is -0.141. The van der Waals surface area contributed by atoms with E-state index in [1.807, 2.05) is 0 Å². The van der Waals surface area contributed by atoms with Crippen molar-refractivity contribution < 1.29 is 28.7 Å². The Labute approximate surface area is 147 Å². The van der Waals surface area contributed by atoms with Crippen molar-refractivity contribution in [1.82, 2.24) is 15.5 Å². The number of nitrogens with one attached hydrogen (secondary N) is 2. The zero-order chi connectivity index (χ0) is 20.2. The van der Waals surface area contributed by atoms with Crippen LogP contribution in [-0.2, 0) is 18.9 Å². The summed E-state index contributed by atoms with van der Waals surface area (Å²) in [4.78, 5) is 55.8. The summed E-state index contributed by atoms with van der Waals surface area (Å²) >= 11 is 0. The average molecular weight is 380 g/mol. The second-order valence-corrected chi connectivity index (χ2v) is 8.75. The summed E-state index contributed by atoms with van der Waals surface area (Å²) in [6.45, 7) is 8.72. The van der Waals surface area contributed by atoms with Crippen molar-refractivity contribution in [3.05, 3.63) is 0 Å². The SMILES string of the molecule is C[C@H](NC(=O)CN)C(=O)N[C@@H](C)C(=O)N([C@@H](C)P(=O)(O)O)C(C)(C)C. The molecule has 10 nitrogen and oxygen atoms in total. The van der Waals surface area contributed by atoms with Gasteiger partial charge in [0, 0.05) is 5.54 Å². The van der Waals surface area contributed by atoms with E-state index in [1.165, 1.54) is 20.8 Å². The molecule has 0 unspecified atom stereocenters. The van der Waals surface area contributed by atoms with E-state index in [-0.39, 0.29) is 6.54 Å². The van der Waals surface area contributed by atoms with Gasteiger partial charge in [-0.2, -0.15) is 0 Å². The van der Waals surface area contributed by atoms with Gasteiger partial charge in [-0.1, -0.05) is 0 Å². The summed E-state index contributed by atoms with van der Waals surface area (Å²) in [6, 6.07) is -1.95. The maximum absolute atomic E-state index is 12.7. The molecule has 11 heteroatoms. The highest BCUT2D eigenvalue weighted by Gasteiger charge is 2.41. The maximum atomic E-state index is 12.7. The minimum Gasteiger partial charge on any atom is -0.343 e. The molecule has 0 rings (SSSR count). The van der Waals surface area contributed by atoms with E-state index in [0.29, 0.717) is 0 Å². The van der Waals surface area contributed by atoms with Crippen LogP contribution in [0.3, 0.4) is 0 Å². The molecule has 0 spiro atoms. The van der Waals surface area contributed by atoms with E-state index < -0.39 is 48.7 Å². The van der Waals surface area contributed by atoms with E-state index in [4.69, 9.17) is 5.73 Å². The first-order chi connectivity index (χ1) is 11.1. The maximum Gasteiger partial charge on any atom is 0.347 e. The van der Waals surface area contributed by atoms with Crippen molar-refractivity contribution in [2.24, 2.45) is 5.73 Å². The second kappa shape index (κ2) is 8.75. The third kappa shape index (κ3) is 7.11. The highest BCUT2D eigenvalue weighted by molar-refractivity contribution is 7.52. The van der Waals surface area contributed by atoms with Crippen molar-refractivity contribution in [3.63, 3.8) is 0 Å². The van der Waals surface area contributed by atoms with E-state index >= 15 is 0 Å². The Balaban J connectivity index is 5.24. The second-order valence-electron chi connectivity index (χ2n) is 6.82. The van der Waals surface area contributed by atoms with Gasteiger partial charge in [0.15, 0.2) is 0 Å². The Kier molecular flexibility index (Phi) is 8.23. The van der Waals surface area contributed by atoms with Crippen LogP contribution in [0, 0.1) is 0 Å². The van der Waals surface area contributed by atoms with Gasteiger partial charge >= 0.3 is 7.60 Å². The molecule has 6 N–H and O–H groups in total. The fourth-order valence-electron chi connectivity index (χ4n) is 2.20. The Morgan fingerprint density at radius 2 is 1.56 bits per heavy atom. The van der Waals surface area contributed by atoms with Crippen LogP contribution in [0.2, 0.25) is 0 Å². The molecule has 3 amide bonds. The number of rotatable bonds is 7. The summed E-state index contributed by atoms with van der Waals surface area (Å²) in [5, 5.41) is 4.78. The van der Waals surface area contributed by atoms with Crippen molar-refractivity contribution in [2.75, 3.05) is 6.54 Å². The van der Waals surface area contributed by atoms with Crippen LogP contribution in [0.25, 0.3) is 0 Å². The van der Waals surface area contributed by atoms with E-state index in [9.17, 15) is 28.7 Å². The number of amides is 3. The number of nitrogens with two attached hydrogens (primary N) is 1. The first kappa shape index (κ1) is 23.5. The number of nitrogens with zero attached hydrogens (tertiary/aromatic N) is 1. The largest absolute Gasteiger partial charge is 0.347 e. The Morgan fingerprint density at radius 1 is 1.08 bits per heavy atom. The molecule has 3 atom stereocenters. The average Bonchev–Trinajstić information content (AvgIpc) is 2.44. The Bertz CT molecular complexity index is 556. The lowest BCUT2D eigenvalue weighted by Crippen LogP contribution is -2.58. The zero-order valence-electron chi connectivity index (χ0n) is 15.4. The van der Waals surface area contributed by atoms with Gasteiger partial charge in [0.05, 0.1) is 6.54 Å². The molecular weight excluding hydrogens is 351 g/mol. The summed E-state index contributed by atoms with van der Waals surface area (Å²) in [5.74, 6) is -3.13. The highest BCUT2D eigenvalue weighted by Crippen LogP contribution is 2.44. The molecule has 0 bridgehead atoms. The van der Waals surface area contributed by atoms with Crippen LogP contribution < -0.4 is 16.4 Å². The normalized spacial score (nSPS) is 15.7. The molecule has 0 radical (unpaired) electrons. The van der Waals surface area contributed by atoms with Crippen LogP contribution in [0.5, 0.6) is 0 Å². The Hall–Kier alpha value is -1.48. The molecule has 0 saturated heterocycles. The fourth-order valence-corrected chi connectivity index (χ4v) is 2.96. The van der Waals surface area contributed by atoms with Crippen LogP contribution in [0.15, 0.2) is 0 Å². The van der Waals surface area contributed by atoms with Gasteiger partial charge in [0.1, 0.15) is 17.9 Å². The van der Waals surface area contributed by atoms with E-state index in [2.05, 4.69) is 10.6 Å². The van der Waals surface area contributed by atoms with Gasteiger partial charge in [-0.25, -0.2) is 0 Å². The van der Waals surface area contributed by atoms with Crippen LogP contribution in [-0.4, -0.2) is 62.4 Å². The molecule has 0 saturated carbocycles. The highest BCUT2D eigenvalue weighted by atomic mass is 31.2. The van der Waals surface area contributed by atoms with Gasteiger partial charge in [-0.15, -0.1) is 0 Å². The quantitative estimate of drug-likeness (QED) is 0.358. The molecule has 0 aliphatic heterocycles. The Morgan fingerprint density at radius 3 is 1.92 bits per heavy atom. The van der Waals surface area contributed by atoms with Gasteiger partial charge in [-0.3, -0.25) is 18.9 Å². The first-order valence-corrected chi connectivity index (χ1v) is 9.49. The minimum atomic E-state index is -4.56. The predicted octanol–water partition coefficient (Wildman–Crippen LogP) is -0.895. The molecule has 0 aromatic carbocycles. The minimum absolute atomic E-state index is 0.274. The monoisotopic (exact) mass is 380 g/mol. The molecule has 146 valence electrons. The van der Waals surface area contributed by atoms with Crippen LogP contribution >= 0.6 is 7.60 Å². The lowest BCUT2D eigenvalue weighted by Gasteiger charge is -2.41. The van der Waals surface area contributed by atoms with Crippen molar-refractivity contribution in [2.45, 2.75) is 64.9 Å². The first-order valence-electron chi connectivity index (χ1n) is 7.81. The van der Waals surface area contributed by atoms with Gasteiger partial charge in [0.25, 0.3) is 0 Å². The summed E-state index contributed by atoms with van der Waals surface area (Å²) in [6.07, 6.45) is 0. The molecule has 0 aliphatic rings. The third-order valence-electron chi connectivity index (χ3n) is 3.51. The topological polar surface area (TPSA) is 162 Å². The number of hydrogen-bond donors (Lipinski definition) is 5. The van der Waals surface area contributed by atoms with Gasteiger partial charge in [-0.05, 0) is 41.5 Å². The van der Waals surface area contributed by atoms with Crippen molar-refractivity contribution >= 4 is 25.3 Å². The number of carbonyl (C=O) groups excluding carboxylic acids is 3. The summed E-state index contributed by atoms with van der Waals surface area (Å²) < 4.78 is 11.6. The molecule has 25 heavy (non-hydrogen) atoms. The zero-order valence-corrected chi connectivity index (χ0v) is 16.3. The van der Waals surface area contributed by atoms with Gasteiger partial charge in [0.2, 0.25) is 17.7 Å². The number of hydrogen-bond acceptors (Lipinski definition) is 5. The summed E-state index contributed by atoms with van der Waals surface area (Å²) in [7, 11) is -4.56. The molecule has 0 aromatic rings. The van der Waals surface area contributed by atoms with E-state index in [1.54, 1.807) is 20.8 Å². The van der Waals surface area contributed by atoms with Crippen LogP contribution in [0.4, 0.5) is 0 Å². The third-order valence-corrected chi connectivity index (χ3v) is 4.71. The summed E-state index contributed by atoms with van der Waals surface area (Å²) in [5.41, 5.74) is 4.27. The predicted molar refractivity (Wildman–Crippen MR) is 92.4 cm³/mol. The lowest BCUT2D eigenvalue weighted by atomic mass is 10.0. The molecule has 0 aliphatic carbocycles. The standard InChI is InChI=1S/C14H29N4O6P/c1-8(16-11(19)7-15)12(20)17-9(2)13(21)18(14(4,5)6)10(3)25(22,23)24/h8-10H,7,15H2,1-6H3,(H,16,19)(H,17,20)(H2,22,23,24)/t8-,9-,10+/m0/s1. The molecular formula is C14H29N4O6P. The molecule has 0 aromatic heterocycles. The van der Waals surface area contributed by atoms with Crippen molar-refractivity contribution in [3.8, 4) is 0 Å². The van der Waals surface area contributed by atoms with Crippen molar-refractivity contribution in [1.29, 1.82) is 0 Å². The smallest absolute Gasteiger partial charge is 0.343 e. The number of carbonyl (C=O) groups is 3. The van der Waals surface area contributed by atoms with Gasteiger partial charge < -0.3 is 31.1 Å². The van der Waals surface area contributed by atoms with Crippen LogP contribution in [0.1, 0.15) is 41.5 Å². The molecule has 0 heterocycles. The fraction of sp³-hybridized carbons (Fsp3) is 0.786.